The van der Waals surface area contributed by atoms with Crippen LogP contribution in [0.15, 0.2) is 36.6 Å². The average molecular weight is 235 g/mol. The molecule has 1 nitrogen and oxygen atoms in total. The molecular formula is C9H8ORh. The van der Waals surface area contributed by atoms with Gasteiger partial charge in [0.2, 0.25) is 0 Å². The maximum atomic E-state index is 5.24. The molecule has 0 aliphatic carbocycles. The molecule has 0 unspecified atom stereocenters. The number of ether oxygens (including phenoxy) is 1. The zero-order valence-corrected chi connectivity index (χ0v) is 7.55. The molecule has 59 valence electrons. The summed E-state index contributed by atoms with van der Waals surface area (Å²) in [5, 5.41) is 0. The number of hydrogen-bond donors (Lipinski definition) is 0. The van der Waals surface area contributed by atoms with Gasteiger partial charge in [0.15, 0.2) is 0 Å². The Morgan fingerprint density at radius 1 is 1.18 bits per heavy atom. The Morgan fingerprint density at radius 2 is 2.00 bits per heavy atom. The first kappa shape index (κ1) is 8.48. The summed E-state index contributed by atoms with van der Waals surface area (Å²) >= 11 is 0. The Balaban J connectivity index is 0.000000605. The number of para-hydroxylation sites is 1. The van der Waals surface area contributed by atoms with Gasteiger partial charge in [0.25, 0.3) is 0 Å². The SMILES string of the molecule is C1=COc2ccccc2C1.[Rh]. The summed E-state index contributed by atoms with van der Waals surface area (Å²) in [6, 6.07) is 8.08. The molecule has 1 heterocycles. The molecule has 2 rings (SSSR count). The Kier molecular flexibility index (Phi) is 2.84. The van der Waals surface area contributed by atoms with Crippen LogP contribution in [0.1, 0.15) is 5.56 Å². The van der Waals surface area contributed by atoms with Crippen molar-refractivity contribution in [1.29, 1.82) is 0 Å². The van der Waals surface area contributed by atoms with Gasteiger partial charge < -0.3 is 4.74 Å². The standard InChI is InChI=1S/C9H8O.Rh/c1-2-6-9-8(4-1)5-3-7-10-9;/h1-4,6-7H,5H2;. The maximum Gasteiger partial charge on any atom is 0.130 e. The summed E-state index contributed by atoms with van der Waals surface area (Å²) in [6.07, 6.45) is 4.75. The molecule has 1 aromatic rings. The third kappa shape index (κ3) is 1.69. The van der Waals surface area contributed by atoms with E-state index < -0.39 is 0 Å². The first-order valence-corrected chi connectivity index (χ1v) is 3.36. The topological polar surface area (TPSA) is 9.23 Å². The Hall–Kier alpha value is -0.617. The molecule has 1 aliphatic rings. The molecule has 0 N–H and O–H groups in total. The molecule has 1 aromatic carbocycles. The predicted molar refractivity (Wildman–Crippen MR) is 39.9 cm³/mol. The van der Waals surface area contributed by atoms with Gasteiger partial charge in [-0.1, -0.05) is 18.2 Å². The molecule has 0 amide bonds. The molecule has 1 aliphatic heterocycles. The summed E-state index contributed by atoms with van der Waals surface area (Å²) in [5.41, 5.74) is 1.27. The zero-order chi connectivity index (χ0) is 6.81. The van der Waals surface area contributed by atoms with Gasteiger partial charge in [0.1, 0.15) is 5.75 Å². The van der Waals surface area contributed by atoms with Crippen LogP contribution in [0.25, 0.3) is 0 Å². The second kappa shape index (κ2) is 3.68. The minimum atomic E-state index is 0. The summed E-state index contributed by atoms with van der Waals surface area (Å²) in [6.45, 7) is 0. The summed E-state index contributed by atoms with van der Waals surface area (Å²) < 4.78 is 5.24. The van der Waals surface area contributed by atoms with Crippen molar-refractivity contribution in [2.45, 2.75) is 6.42 Å². The Labute approximate surface area is 78.8 Å². The van der Waals surface area contributed by atoms with Gasteiger partial charge >= 0.3 is 0 Å². The third-order valence-electron chi connectivity index (χ3n) is 1.60. The Morgan fingerprint density at radius 3 is 2.82 bits per heavy atom. The van der Waals surface area contributed by atoms with Crippen molar-refractivity contribution in [3.63, 3.8) is 0 Å². The van der Waals surface area contributed by atoms with Gasteiger partial charge in [-0.2, -0.15) is 0 Å². The molecule has 0 aromatic heterocycles. The molecule has 0 bridgehead atoms. The zero-order valence-electron chi connectivity index (χ0n) is 5.91. The minimum Gasteiger partial charge on any atom is -0.465 e. The first-order valence-electron chi connectivity index (χ1n) is 3.36. The molecule has 2 heteroatoms. The summed E-state index contributed by atoms with van der Waals surface area (Å²) in [4.78, 5) is 0. The predicted octanol–water partition coefficient (Wildman–Crippen LogP) is 2.13. The van der Waals surface area contributed by atoms with Crippen molar-refractivity contribution < 1.29 is 24.2 Å². The van der Waals surface area contributed by atoms with E-state index in [1.54, 1.807) is 6.26 Å². The fourth-order valence-electron chi connectivity index (χ4n) is 1.08. The van der Waals surface area contributed by atoms with Crippen molar-refractivity contribution in [2.75, 3.05) is 0 Å². The van der Waals surface area contributed by atoms with Crippen molar-refractivity contribution in [1.82, 2.24) is 0 Å². The molecule has 0 spiro atoms. The van der Waals surface area contributed by atoms with E-state index in [0.717, 1.165) is 12.2 Å². The molecular weight excluding hydrogens is 227 g/mol. The van der Waals surface area contributed by atoms with Crippen molar-refractivity contribution in [3.8, 4) is 5.75 Å². The van der Waals surface area contributed by atoms with Gasteiger partial charge in [0.05, 0.1) is 6.26 Å². The van der Waals surface area contributed by atoms with Crippen LogP contribution in [0.2, 0.25) is 0 Å². The van der Waals surface area contributed by atoms with E-state index in [1.807, 2.05) is 24.3 Å². The quantitative estimate of drug-likeness (QED) is 0.626. The number of benzene rings is 1. The van der Waals surface area contributed by atoms with Gasteiger partial charge in [-0.05, 0) is 24.1 Å². The van der Waals surface area contributed by atoms with Crippen molar-refractivity contribution in [3.05, 3.63) is 42.2 Å². The van der Waals surface area contributed by atoms with Crippen LogP contribution >= 0.6 is 0 Å². The van der Waals surface area contributed by atoms with Crippen molar-refractivity contribution in [2.24, 2.45) is 0 Å². The molecule has 0 atom stereocenters. The fraction of sp³-hybridized carbons (Fsp3) is 0.111. The minimum absolute atomic E-state index is 0. The van der Waals surface area contributed by atoms with E-state index >= 15 is 0 Å². The number of fused-ring (bicyclic) bond motifs is 1. The Bertz CT molecular complexity index is 241. The first-order chi connectivity index (χ1) is 4.97. The van der Waals surface area contributed by atoms with Gasteiger partial charge in [0, 0.05) is 19.5 Å². The normalized spacial score (nSPS) is 12.7. The van der Waals surface area contributed by atoms with E-state index in [1.165, 1.54) is 5.56 Å². The second-order valence-electron chi connectivity index (χ2n) is 2.30. The van der Waals surface area contributed by atoms with E-state index in [-0.39, 0.29) is 19.5 Å². The summed E-state index contributed by atoms with van der Waals surface area (Å²) in [5.74, 6) is 0.991. The van der Waals surface area contributed by atoms with Gasteiger partial charge in [-0.15, -0.1) is 0 Å². The average Bonchev–Trinajstić information content (AvgIpc) is 2.05. The largest absolute Gasteiger partial charge is 0.465 e. The summed E-state index contributed by atoms with van der Waals surface area (Å²) in [7, 11) is 0. The van der Waals surface area contributed by atoms with Crippen LogP contribution in [0.5, 0.6) is 5.75 Å². The van der Waals surface area contributed by atoms with E-state index in [2.05, 4.69) is 6.07 Å². The maximum absolute atomic E-state index is 5.24. The fourth-order valence-corrected chi connectivity index (χ4v) is 1.08. The van der Waals surface area contributed by atoms with Crippen LogP contribution in [0, 0.1) is 0 Å². The van der Waals surface area contributed by atoms with E-state index in [9.17, 15) is 0 Å². The number of hydrogen-bond acceptors (Lipinski definition) is 1. The van der Waals surface area contributed by atoms with E-state index in [4.69, 9.17) is 4.74 Å². The van der Waals surface area contributed by atoms with E-state index in [0.29, 0.717) is 0 Å². The smallest absolute Gasteiger partial charge is 0.130 e. The monoisotopic (exact) mass is 235 g/mol. The van der Waals surface area contributed by atoms with Gasteiger partial charge in [-0.25, -0.2) is 0 Å². The molecule has 0 saturated carbocycles. The van der Waals surface area contributed by atoms with Crippen molar-refractivity contribution >= 4 is 0 Å². The molecule has 11 heavy (non-hydrogen) atoms. The number of rotatable bonds is 0. The molecule has 1 radical (unpaired) electrons. The van der Waals surface area contributed by atoms with Crippen LogP contribution < -0.4 is 4.74 Å². The second-order valence-corrected chi connectivity index (χ2v) is 2.30. The number of allylic oxidation sites excluding steroid dienone is 1. The van der Waals surface area contributed by atoms with Crippen LogP contribution in [-0.2, 0) is 25.9 Å². The van der Waals surface area contributed by atoms with Crippen LogP contribution in [-0.4, -0.2) is 0 Å². The third-order valence-corrected chi connectivity index (χ3v) is 1.60. The van der Waals surface area contributed by atoms with Crippen LogP contribution in [0.4, 0.5) is 0 Å². The molecule has 0 saturated heterocycles. The van der Waals surface area contributed by atoms with Gasteiger partial charge in [-0.3, -0.25) is 0 Å². The molecule has 0 fully saturated rings. The van der Waals surface area contributed by atoms with Crippen LogP contribution in [0.3, 0.4) is 0 Å².